The van der Waals surface area contributed by atoms with Crippen molar-refractivity contribution < 1.29 is 23.8 Å². The maximum absolute atomic E-state index is 12.6. The van der Waals surface area contributed by atoms with Gasteiger partial charge in [-0.25, -0.2) is 9.78 Å². The minimum Gasteiger partial charge on any atom is -0.493 e. The Morgan fingerprint density at radius 2 is 1.81 bits per heavy atom. The van der Waals surface area contributed by atoms with Gasteiger partial charge in [0.15, 0.2) is 11.5 Å². The highest BCUT2D eigenvalue weighted by atomic mass is 16.5. The smallest absolute Gasteiger partial charge is 0.339 e. The minimum absolute atomic E-state index is 0.181. The molecule has 2 heterocycles. The van der Waals surface area contributed by atoms with Crippen LogP contribution in [-0.4, -0.2) is 35.6 Å². The van der Waals surface area contributed by atoms with Crippen LogP contribution in [0.1, 0.15) is 39.0 Å². The van der Waals surface area contributed by atoms with Crippen LogP contribution in [0.5, 0.6) is 11.5 Å². The predicted molar refractivity (Wildman–Crippen MR) is 114 cm³/mol. The van der Waals surface area contributed by atoms with Gasteiger partial charge >= 0.3 is 5.97 Å². The van der Waals surface area contributed by atoms with Crippen LogP contribution in [0.3, 0.4) is 0 Å². The fourth-order valence-corrected chi connectivity index (χ4v) is 2.81. The molecule has 1 amide bonds. The number of methoxy groups -OCH3 is 1. The molecule has 8 nitrogen and oxygen atoms in total. The Kier molecular flexibility index (Phi) is 7.16. The normalized spacial score (nSPS) is 10.3. The van der Waals surface area contributed by atoms with Gasteiger partial charge in [-0.05, 0) is 55.8 Å². The van der Waals surface area contributed by atoms with E-state index in [2.05, 4.69) is 15.3 Å². The quantitative estimate of drug-likeness (QED) is 0.552. The molecule has 0 atom stereocenters. The first-order valence-electron chi connectivity index (χ1n) is 9.67. The second-order valence-corrected chi connectivity index (χ2v) is 6.51. The fraction of sp³-hybridized carbons (Fsp3) is 0.217. The molecule has 1 N–H and O–H groups in total. The molecule has 0 spiro atoms. The van der Waals surface area contributed by atoms with E-state index in [1.165, 1.54) is 12.1 Å². The lowest BCUT2D eigenvalue weighted by molar-refractivity contribution is 0.0524. The number of esters is 1. The van der Waals surface area contributed by atoms with Crippen molar-refractivity contribution in [2.75, 3.05) is 19.0 Å². The van der Waals surface area contributed by atoms with Crippen molar-refractivity contribution in [3.63, 3.8) is 0 Å². The number of pyridine rings is 2. The summed E-state index contributed by atoms with van der Waals surface area (Å²) in [6.45, 7) is 3.98. The summed E-state index contributed by atoms with van der Waals surface area (Å²) in [7, 11) is 1.55. The first-order chi connectivity index (χ1) is 15.0. The Bertz CT molecular complexity index is 1070. The Morgan fingerprint density at radius 3 is 2.48 bits per heavy atom. The largest absolute Gasteiger partial charge is 0.493 e. The van der Waals surface area contributed by atoms with Gasteiger partial charge in [-0.3, -0.25) is 9.78 Å². The van der Waals surface area contributed by atoms with Crippen molar-refractivity contribution >= 4 is 17.6 Å². The van der Waals surface area contributed by atoms with E-state index in [1.807, 2.05) is 12.1 Å². The van der Waals surface area contributed by atoms with Crippen LogP contribution in [0.2, 0.25) is 0 Å². The molecule has 0 aliphatic rings. The van der Waals surface area contributed by atoms with Gasteiger partial charge in [-0.15, -0.1) is 0 Å². The summed E-state index contributed by atoms with van der Waals surface area (Å²) in [4.78, 5) is 32.8. The van der Waals surface area contributed by atoms with Crippen molar-refractivity contribution in [3.8, 4) is 11.5 Å². The van der Waals surface area contributed by atoms with Crippen LogP contribution < -0.4 is 14.8 Å². The number of anilines is 1. The molecular formula is C23H23N3O5. The number of benzene rings is 1. The highest BCUT2D eigenvalue weighted by molar-refractivity contribution is 6.03. The van der Waals surface area contributed by atoms with Crippen molar-refractivity contribution in [2.45, 2.75) is 20.5 Å². The van der Waals surface area contributed by atoms with Gasteiger partial charge in [-0.1, -0.05) is 0 Å². The zero-order valence-electron chi connectivity index (χ0n) is 17.5. The number of nitrogens with one attached hydrogen (secondary N) is 1. The van der Waals surface area contributed by atoms with Crippen molar-refractivity contribution in [1.29, 1.82) is 0 Å². The van der Waals surface area contributed by atoms with E-state index in [1.54, 1.807) is 51.6 Å². The fourth-order valence-electron chi connectivity index (χ4n) is 2.81. The molecule has 0 saturated carbocycles. The van der Waals surface area contributed by atoms with Crippen molar-refractivity contribution in [3.05, 3.63) is 77.4 Å². The second-order valence-electron chi connectivity index (χ2n) is 6.51. The number of carbonyl (C=O) groups excluding carboxylic acids is 2. The van der Waals surface area contributed by atoms with Crippen LogP contribution in [0.25, 0.3) is 0 Å². The molecule has 2 aromatic heterocycles. The monoisotopic (exact) mass is 421 g/mol. The molecule has 31 heavy (non-hydrogen) atoms. The van der Waals surface area contributed by atoms with Crippen molar-refractivity contribution in [2.24, 2.45) is 0 Å². The average molecular weight is 421 g/mol. The zero-order valence-corrected chi connectivity index (χ0v) is 17.5. The molecule has 0 unspecified atom stereocenters. The van der Waals surface area contributed by atoms with Gasteiger partial charge in [-0.2, -0.15) is 0 Å². The summed E-state index contributed by atoms with van der Waals surface area (Å²) in [5.74, 6) is 0.146. The summed E-state index contributed by atoms with van der Waals surface area (Å²) < 4.78 is 16.2. The number of rotatable bonds is 8. The highest BCUT2D eigenvalue weighted by Crippen LogP contribution is 2.31. The third kappa shape index (κ3) is 5.57. The minimum atomic E-state index is -0.467. The third-order valence-corrected chi connectivity index (χ3v) is 4.38. The first-order valence-corrected chi connectivity index (χ1v) is 9.67. The standard InChI is InChI=1S/C23H23N3O5/c1-4-30-23(28)18-6-7-19(25-15(18)2)22(27)26-17-5-8-20(29-3)21(13-17)31-14-16-9-11-24-12-10-16/h5-13H,4,14H2,1-3H3,(H,26,27). The topological polar surface area (TPSA) is 99.6 Å². The molecule has 8 heteroatoms. The molecular weight excluding hydrogens is 398 g/mol. The summed E-state index contributed by atoms with van der Waals surface area (Å²) >= 11 is 0. The molecule has 0 saturated heterocycles. The summed E-state index contributed by atoms with van der Waals surface area (Å²) in [5, 5.41) is 2.79. The van der Waals surface area contributed by atoms with E-state index in [0.29, 0.717) is 35.1 Å². The van der Waals surface area contributed by atoms with Gasteiger partial charge in [0.05, 0.1) is 25.0 Å². The maximum Gasteiger partial charge on any atom is 0.339 e. The molecule has 1 aromatic carbocycles. The Balaban J connectivity index is 1.73. The van der Waals surface area contributed by atoms with Crippen LogP contribution in [0.4, 0.5) is 5.69 Å². The van der Waals surface area contributed by atoms with Gasteiger partial charge in [0, 0.05) is 24.1 Å². The van der Waals surface area contributed by atoms with Gasteiger partial charge in [0.25, 0.3) is 5.91 Å². The third-order valence-electron chi connectivity index (χ3n) is 4.38. The van der Waals surface area contributed by atoms with Gasteiger partial charge < -0.3 is 19.5 Å². The van der Waals surface area contributed by atoms with E-state index in [4.69, 9.17) is 14.2 Å². The molecule has 0 aliphatic carbocycles. The number of aromatic nitrogens is 2. The van der Waals surface area contributed by atoms with E-state index in [0.717, 1.165) is 5.56 Å². The van der Waals surface area contributed by atoms with E-state index >= 15 is 0 Å². The van der Waals surface area contributed by atoms with E-state index in [-0.39, 0.29) is 12.3 Å². The number of nitrogens with zero attached hydrogens (tertiary/aromatic N) is 2. The lowest BCUT2D eigenvalue weighted by Crippen LogP contribution is -2.16. The summed E-state index contributed by atoms with van der Waals surface area (Å²) in [6.07, 6.45) is 3.38. The second kappa shape index (κ2) is 10.2. The number of aryl methyl sites for hydroxylation is 1. The SMILES string of the molecule is CCOC(=O)c1ccc(C(=O)Nc2ccc(OC)c(OCc3ccncc3)c2)nc1C. The molecule has 0 radical (unpaired) electrons. The molecule has 3 aromatic rings. The maximum atomic E-state index is 12.6. The number of hydrogen-bond donors (Lipinski definition) is 1. The van der Waals surface area contributed by atoms with Crippen LogP contribution in [-0.2, 0) is 11.3 Å². The first kappa shape index (κ1) is 21.8. The lowest BCUT2D eigenvalue weighted by Gasteiger charge is -2.13. The predicted octanol–water partition coefficient (Wildman–Crippen LogP) is 3.80. The number of carbonyl (C=O) groups is 2. The van der Waals surface area contributed by atoms with Gasteiger partial charge in [0.1, 0.15) is 12.3 Å². The van der Waals surface area contributed by atoms with E-state index < -0.39 is 11.9 Å². The average Bonchev–Trinajstić information content (AvgIpc) is 2.78. The Labute approximate surface area is 180 Å². The molecule has 3 rings (SSSR count). The number of hydrogen-bond acceptors (Lipinski definition) is 7. The molecule has 0 fully saturated rings. The number of ether oxygens (including phenoxy) is 3. The van der Waals surface area contributed by atoms with Gasteiger partial charge in [0.2, 0.25) is 0 Å². The molecule has 0 bridgehead atoms. The summed E-state index contributed by atoms with van der Waals surface area (Å²) in [5.41, 5.74) is 2.40. The Hall–Kier alpha value is -3.94. The Morgan fingerprint density at radius 1 is 1.03 bits per heavy atom. The van der Waals surface area contributed by atoms with Crippen LogP contribution >= 0.6 is 0 Å². The zero-order chi connectivity index (χ0) is 22.2. The molecule has 0 aliphatic heterocycles. The molecule has 160 valence electrons. The van der Waals surface area contributed by atoms with Crippen molar-refractivity contribution in [1.82, 2.24) is 9.97 Å². The van der Waals surface area contributed by atoms with Crippen LogP contribution in [0.15, 0.2) is 54.9 Å². The van der Waals surface area contributed by atoms with E-state index in [9.17, 15) is 9.59 Å². The van der Waals surface area contributed by atoms with Crippen LogP contribution in [0, 0.1) is 6.92 Å². The highest BCUT2D eigenvalue weighted by Gasteiger charge is 2.16. The summed E-state index contributed by atoms with van der Waals surface area (Å²) in [6, 6.07) is 11.8. The number of amides is 1. The lowest BCUT2D eigenvalue weighted by atomic mass is 10.2.